The van der Waals surface area contributed by atoms with Crippen molar-refractivity contribution < 1.29 is 22.7 Å². The first kappa shape index (κ1) is 31.4. The van der Waals surface area contributed by atoms with E-state index in [4.69, 9.17) is 4.74 Å². The van der Waals surface area contributed by atoms with E-state index in [9.17, 15) is 18.0 Å². The van der Waals surface area contributed by atoms with E-state index in [1.54, 1.807) is 30.3 Å². The highest BCUT2D eigenvalue weighted by Crippen LogP contribution is 2.40. The highest BCUT2D eigenvalue weighted by Gasteiger charge is 2.32. The second-order valence-electron chi connectivity index (χ2n) is 10.5. The average molecular weight is 596 g/mol. The van der Waals surface area contributed by atoms with Gasteiger partial charge in [0.15, 0.2) is 0 Å². The first-order valence-corrected chi connectivity index (χ1v) is 13.7. The van der Waals surface area contributed by atoms with E-state index in [1.165, 1.54) is 31.5 Å². The van der Waals surface area contributed by atoms with E-state index in [0.29, 0.717) is 34.8 Å². The number of nitrogens with zero attached hydrogens (tertiary/aromatic N) is 4. The Morgan fingerprint density at radius 1 is 1.12 bits per heavy atom. The van der Waals surface area contributed by atoms with Gasteiger partial charge in [-0.25, -0.2) is 18.2 Å². The Labute approximate surface area is 249 Å². The predicted octanol–water partition coefficient (Wildman–Crippen LogP) is 6.44. The van der Waals surface area contributed by atoms with Crippen LogP contribution in [0.4, 0.5) is 47.7 Å². The third-order valence-electron chi connectivity index (χ3n) is 6.97. The van der Waals surface area contributed by atoms with Gasteiger partial charge in [-0.1, -0.05) is 24.8 Å². The summed E-state index contributed by atoms with van der Waals surface area (Å²) >= 11 is 0. The van der Waals surface area contributed by atoms with E-state index in [2.05, 4.69) is 37.4 Å². The molecule has 0 atom stereocenters. The maximum absolute atomic E-state index is 14.6. The lowest BCUT2D eigenvalue weighted by molar-refractivity contribution is -0.111. The predicted molar refractivity (Wildman–Crippen MR) is 165 cm³/mol. The van der Waals surface area contributed by atoms with Crippen LogP contribution in [0.5, 0.6) is 5.75 Å². The monoisotopic (exact) mass is 595 g/mol. The summed E-state index contributed by atoms with van der Waals surface area (Å²) in [5.74, 6) is -2.81. The van der Waals surface area contributed by atoms with E-state index in [-0.39, 0.29) is 36.2 Å². The summed E-state index contributed by atoms with van der Waals surface area (Å²) in [6, 6.07) is 9.60. The molecule has 0 fully saturated rings. The molecular formula is C31H36F3N7O2. The summed E-state index contributed by atoms with van der Waals surface area (Å²) in [5, 5.41) is 8.98. The number of anilines is 6. The van der Waals surface area contributed by atoms with Crippen molar-refractivity contribution in [3.63, 3.8) is 0 Å². The van der Waals surface area contributed by atoms with Crippen LogP contribution in [0.2, 0.25) is 0 Å². The van der Waals surface area contributed by atoms with Gasteiger partial charge in [-0.3, -0.25) is 4.79 Å². The van der Waals surface area contributed by atoms with E-state index >= 15 is 0 Å². The van der Waals surface area contributed by atoms with Gasteiger partial charge >= 0.3 is 0 Å². The van der Waals surface area contributed by atoms with Gasteiger partial charge in [-0.2, -0.15) is 4.98 Å². The van der Waals surface area contributed by atoms with Crippen LogP contribution in [0, 0.1) is 5.82 Å². The Hall–Kier alpha value is -4.58. The standard InChI is InChI=1S/C31H36F3N7O2/c1-6-28(42)36-24-17-25(27(43-5)18-26(24)41(4)16-15-40(2)3)38-30-35-19-21(20-11-13-31(33,34)14-12-20)29(39-30)37-23-10-8-7-9-22(23)32/h6-11,17-19H,1,12-16H2,2-5H3,(H,36,42)(H2,35,37,38,39). The van der Waals surface area contributed by atoms with Gasteiger partial charge < -0.3 is 30.5 Å². The summed E-state index contributed by atoms with van der Waals surface area (Å²) in [7, 11) is 7.38. The number of alkyl halides is 2. The van der Waals surface area contributed by atoms with Crippen LogP contribution in [-0.4, -0.2) is 68.0 Å². The fourth-order valence-electron chi connectivity index (χ4n) is 4.53. The fourth-order valence-corrected chi connectivity index (χ4v) is 4.53. The highest BCUT2D eigenvalue weighted by molar-refractivity contribution is 6.02. The fraction of sp³-hybridized carbons (Fsp3) is 0.323. The molecule has 12 heteroatoms. The molecule has 43 heavy (non-hydrogen) atoms. The summed E-state index contributed by atoms with van der Waals surface area (Å²) < 4.78 is 48.0. The quantitative estimate of drug-likeness (QED) is 0.206. The van der Waals surface area contributed by atoms with Crippen molar-refractivity contribution in [3.05, 3.63) is 72.7 Å². The highest BCUT2D eigenvalue weighted by atomic mass is 19.3. The minimum atomic E-state index is -2.77. The van der Waals surface area contributed by atoms with Gasteiger partial charge in [-0.05, 0) is 50.4 Å². The van der Waals surface area contributed by atoms with Crippen molar-refractivity contribution in [2.24, 2.45) is 0 Å². The van der Waals surface area contributed by atoms with E-state index in [1.807, 2.05) is 26.0 Å². The molecule has 1 heterocycles. The minimum absolute atomic E-state index is 0.123. The lowest BCUT2D eigenvalue weighted by Gasteiger charge is -2.26. The largest absolute Gasteiger partial charge is 0.494 e. The smallest absolute Gasteiger partial charge is 0.251 e. The number of hydrogen-bond acceptors (Lipinski definition) is 8. The molecule has 0 aliphatic heterocycles. The molecule has 2 aromatic carbocycles. The number of carbonyl (C=O) groups is 1. The number of halogens is 3. The van der Waals surface area contributed by atoms with Crippen LogP contribution in [0.3, 0.4) is 0 Å². The third kappa shape index (κ3) is 8.04. The molecule has 0 saturated carbocycles. The number of likely N-dealkylation sites (N-methyl/N-ethyl adjacent to an activating group) is 2. The maximum Gasteiger partial charge on any atom is 0.251 e. The summed E-state index contributed by atoms with van der Waals surface area (Å²) in [5.41, 5.74) is 2.99. The van der Waals surface area contributed by atoms with Crippen LogP contribution >= 0.6 is 0 Å². The van der Waals surface area contributed by atoms with E-state index in [0.717, 1.165) is 12.2 Å². The number of nitrogens with one attached hydrogen (secondary N) is 3. The first-order chi connectivity index (χ1) is 20.5. The van der Waals surface area contributed by atoms with Crippen molar-refractivity contribution in [2.75, 3.05) is 62.2 Å². The number of para-hydroxylation sites is 1. The van der Waals surface area contributed by atoms with Crippen LogP contribution in [0.15, 0.2) is 61.3 Å². The van der Waals surface area contributed by atoms with Gasteiger partial charge in [0.2, 0.25) is 11.9 Å². The Morgan fingerprint density at radius 2 is 1.88 bits per heavy atom. The first-order valence-electron chi connectivity index (χ1n) is 13.7. The number of hydrogen-bond donors (Lipinski definition) is 3. The van der Waals surface area contributed by atoms with Crippen molar-refractivity contribution in [3.8, 4) is 5.75 Å². The lowest BCUT2D eigenvalue weighted by Crippen LogP contribution is -2.29. The zero-order chi connectivity index (χ0) is 31.1. The minimum Gasteiger partial charge on any atom is -0.494 e. The average Bonchev–Trinajstić information content (AvgIpc) is 2.97. The molecule has 0 saturated heterocycles. The third-order valence-corrected chi connectivity index (χ3v) is 6.97. The zero-order valence-electron chi connectivity index (χ0n) is 24.7. The topological polar surface area (TPSA) is 94.6 Å². The molecule has 4 rings (SSSR count). The van der Waals surface area contributed by atoms with Crippen molar-refractivity contribution >= 4 is 46.0 Å². The number of ether oxygens (including phenoxy) is 1. The van der Waals surface area contributed by atoms with Crippen LogP contribution in [-0.2, 0) is 4.79 Å². The van der Waals surface area contributed by atoms with Gasteiger partial charge in [0, 0.05) is 50.8 Å². The lowest BCUT2D eigenvalue weighted by atomic mass is 9.92. The normalized spacial score (nSPS) is 14.1. The molecule has 0 spiro atoms. The van der Waals surface area contributed by atoms with Gasteiger partial charge in [0.05, 0.1) is 29.9 Å². The summed E-state index contributed by atoms with van der Waals surface area (Å²) in [4.78, 5) is 25.4. The van der Waals surface area contributed by atoms with Crippen molar-refractivity contribution in [2.45, 2.75) is 25.2 Å². The van der Waals surface area contributed by atoms with E-state index < -0.39 is 18.2 Å². The number of aromatic nitrogens is 2. The molecule has 0 bridgehead atoms. The molecule has 1 aliphatic carbocycles. The molecule has 1 amide bonds. The SMILES string of the molecule is C=CC(=O)Nc1cc(Nc2ncc(C3=CCC(F)(F)CC3)c(Nc3ccccc3F)n2)c(OC)cc1N(C)CCN(C)C. The number of rotatable bonds is 12. The molecule has 9 nitrogen and oxygen atoms in total. The van der Waals surface area contributed by atoms with Crippen LogP contribution < -0.4 is 25.6 Å². The molecular weight excluding hydrogens is 559 g/mol. The van der Waals surface area contributed by atoms with Crippen LogP contribution in [0.1, 0.15) is 24.8 Å². The Balaban J connectivity index is 1.74. The molecule has 1 aromatic heterocycles. The van der Waals surface area contributed by atoms with Crippen molar-refractivity contribution in [1.82, 2.24) is 14.9 Å². The molecule has 3 aromatic rings. The van der Waals surface area contributed by atoms with Crippen LogP contribution in [0.25, 0.3) is 5.57 Å². The second-order valence-corrected chi connectivity index (χ2v) is 10.5. The van der Waals surface area contributed by atoms with Gasteiger partial charge in [0.1, 0.15) is 17.4 Å². The zero-order valence-corrected chi connectivity index (χ0v) is 24.7. The number of amides is 1. The number of carbonyl (C=O) groups excluding carboxylic acids is 1. The van der Waals surface area contributed by atoms with Gasteiger partial charge in [-0.15, -0.1) is 0 Å². The summed E-state index contributed by atoms with van der Waals surface area (Å²) in [6.07, 6.45) is 3.60. The van der Waals surface area contributed by atoms with Gasteiger partial charge in [0.25, 0.3) is 5.92 Å². The van der Waals surface area contributed by atoms with Crippen molar-refractivity contribution in [1.29, 1.82) is 0 Å². The molecule has 3 N–H and O–H groups in total. The number of benzene rings is 2. The Bertz CT molecular complexity index is 1510. The second kappa shape index (κ2) is 13.6. The molecule has 1 aliphatic rings. The summed E-state index contributed by atoms with van der Waals surface area (Å²) in [6.45, 7) is 5.00. The number of allylic oxidation sites excluding steroid dienone is 2. The molecule has 0 unspecified atom stereocenters. The molecule has 228 valence electrons. The Kier molecular flexibility index (Phi) is 9.92. The molecule has 0 radical (unpaired) electrons. The maximum atomic E-state index is 14.6. The number of methoxy groups -OCH3 is 1. The Morgan fingerprint density at radius 3 is 2.53 bits per heavy atom.